The number of nitrogens with two attached hydrogens (primary N) is 1. The molecule has 1 aromatic heterocycles. The van der Waals surface area contributed by atoms with Gasteiger partial charge in [-0.15, -0.1) is 0 Å². The minimum Gasteiger partial charge on any atom is -0.352 e. The van der Waals surface area contributed by atoms with Gasteiger partial charge < -0.3 is 11.1 Å². The van der Waals surface area contributed by atoms with Crippen LogP contribution in [0.1, 0.15) is 13.3 Å². The zero-order valence-electron chi connectivity index (χ0n) is 11.8. The number of carbonyl (C=O) groups is 1. The summed E-state index contributed by atoms with van der Waals surface area (Å²) in [5.74, 6) is -0.185. The molecule has 4 N–H and O–H groups in total. The lowest BCUT2D eigenvalue weighted by atomic mass is 10.2. The molecule has 0 aliphatic heterocycles. The predicted octanol–water partition coefficient (Wildman–Crippen LogP) is -0.457. The fraction of sp³-hybridized carbons (Fsp3) is 0.357. The normalized spacial score (nSPS) is 12.3. The van der Waals surface area contributed by atoms with Gasteiger partial charge in [-0.3, -0.25) is 19.1 Å². The van der Waals surface area contributed by atoms with Gasteiger partial charge in [-0.1, -0.05) is 12.1 Å². The molecule has 0 radical (unpaired) electrons. The average Bonchev–Trinajstić information content (AvgIpc) is 2.46. The molecule has 0 spiro atoms. The van der Waals surface area contributed by atoms with Crippen molar-refractivity contribution in [2.24, 2.45) is 5.73 Å². The minimum atomic E-state index is -0.515. The molecule has 2 aromatic rings. The number of hydrogen-bond acceptors (Lipinski definition) is 4. The van der Waals surface area contributed by atoms with Gasteiger partial charge in [0.1, 0.15) is 0 Å². The van der Waals surface area contributed by atoms with Gasteiger partial charge in [-0.05, 0) is 19.1 Å². The highest BCUT2D eigenvalue weighted by Gasteiger charge is 2.10. The number of aromatic nitrogens is 2. The number of benzene rings is 1. The number of rotatable bonds is 5. The third-order valence-electron chi connectivity index (χ3n) is 3.23. The van der Waals surface area contributed by atoms with Crippen LogP contribution < -0.4 is 22.3 Å². The van der Waals surface area contributed by atoms with Crippen molar-refractivity contribution in [2.75, 3.05) is 6.54 Å². The maximum absolute atomic E-state index is 11.9. The van der Waals surface area contributed by atoms with E-state index in [0.29, 0.717) is 17.4 Å². The number of nitrogens with one attached hydrogen (secondary N) is 2. The van der Waals surface area contributed by atoms with Crippen molar-refractivity contribution in [1.82, 2.24) is 14.9 Å². The Morgan fingerprint density at radius 1 is 1.38 bits per heavy atom. The summed E-state index contributed by atoms with van der Waals surface area (Å²) in [6, 6.07) is 6.69. The Kier molecular flexibility index (Phi) is 4.54. The smallest absolute Gasteiger partial charge is 0.328 e. The molecule has 1 aromatic carbocycles. The highest BCUT2D eigenvalue weighted by molar-refractivity contribution is 5.78. The fourth-order valence-electron chi connectivity index (χ4n) is 2.08. The Morgan fingerprint density at radius 2 is 2.10 bits per heavy atom. The Morgan fingerprint density at radius 3 is 2.81 bits per heavy atom. The van der Waals surface area contributed by atoms with Crippen molar-refractivity contribution in [3.05, 3.63) is 45.1 Å². The zero-order valence-corrected chi connectivity index (χ0v) is 11.8. The molecule has 0 fully saturated rings. The molecule has 1 heterocycles. The van der Waals surface area contributed by atoms with Crippen molar-refractivity contribution < 1.29 is 4.79 Å². The topological polar surface area (TPSA) is 110 Å². The maximum Gasteiger partial charge on any atom is 0.328 e. The van der Waals surface area contributed by atoms with Crippen LogP contribution in [-0.4, -0.2) is 28.0 Å². The fourth-order valence-corrected chi connectivity index (χ4v) is 2.08. The van der Waals surface area contributed by atoms with E-state index < -0.39 is 11.2 Å². The van der Waals surface area contributed by atoms with Crippen molar-refractivity contribution in [3.63, 3.8) is 0 Å². The minimum absolute atomic E-state index is 0.110. The summed E-state index contributed by atoms with van der Waals surface area (Å²) in [4.78, 5) is 37.6. The molecular formula is C14H18N4O3. The summed E-state index contributed by atoms with van der Waals surface area (Å²) in [6.07, 6.45) is 0.139. The van der Waals surface area contributed by atoms with E-state index in [2.05, 4.69) is 10.3 Å². The van der Waals surface area contributed by atoms with Gasteiger partial charge in [0.25, 0.3) is 5.56 Å². The van der Waals surface area contributed by atoms with Crippen LogP contribution in [-0.2, 0) is 11.3 Å². The van der Waals surface area contributed by atoms with Crippen LogP contribution in [0, 0.1) is 0 Å². The van der Waals surface area contributed by atoms with E-state index in [1.54, 1.807) is 31.2 Å². The zero-order chi connectivity index (χ0) is 15.4. The van der Waals surface area contributed by atoms with Crippen LogP contribution in [0.3, 0.4) is 0 Å². The van der Waals surface area contributed by atoms with Crippen LogP contribution in [0.5, 0.6) is 0 Å². The quantitative estimate of drug-likeness (QED) is 0.692. The van der Waals surface area contributed by atoms with Gasteiger partial charge in [0.15, 0.2) is 0 Å². The number of amides is 1. The molecule has 1 atom stereocenters. The number of para-hydroxylation sites is 1. The van der Waals surface area contributed by atoms with Crippen LogP contribution in [0.4, 0.5) is 0 Å². The van der Waals surface area contributed by atoms with Gasteiger partial charge in [0.2, 0.25) is 5.91 Å². The third kappa shape index (κ3) is 3.38. The van der Waals surface area contributed by atoms with Gasteiger partial charge >= 0.3 is 5.69 Å². The van der Waals surface area contributed by atoms with Crippen LogP contribution in [0.15, 0.2) is 33.9 Å². The molecule has 0 saturated heterocycles. The Balaban J connectivity index is 2.25. The summed E-state index contributed by atoms with van der Waals surface area (Å²) in [5, 5.41) is 3.15. The average molecular weight is 290 g/mol. The lowest BCUT2D eigenvalue weighted by molar-refractivity contribution is -0.121. The third-order valence-corrected chi connectivity index (χ3v) is 3.23. The Bertz CT molecular complexity index is 763. The van der Waals surface area contributed by atoms with Crippen molar-refractivity contribution in [2.45, 2.75) is 25.9 Å². The number of aromatic amines is 1. The lowest BCUT2D eigenvalue weighted by Gasteiger charge is -2.12. The van der Waals surface area contributed by atoms with Crippen LogP contribution in [0.2, 0.25) is 0 Å². The molecule has 0 aliphatic carbocycles. The van der Waals surface area contributed by atoms with Crippen molar-refractivity contribution >= 4 is 16.8 Å². The van der Waals surface area contributed by atoms with E-state index in [4.69, 9.17) is 5.73 Å². The van der Waals surface area contributed by atoms with Crippen molar-refractivity contribution in [1.29, 1.82) is 0 Å². The first-order valence-corrected chi connectivity index (χ1v) is 6.74. The first-order valence-electron chi connectivity index (χ1n) is 6.74. The largest absolute Gasteiger partial charge is 0.352 e. The molecule has 0 bridgehead atoms. The molecule has 0 unspecified atom stereocenters. The summed E-state index contributed by atoms with van der Waals surface area (Å²) in [5.41, 5.74) is 5.01. The van der Waals surface area contributed by atoms with E-state index in [1.165, 1.54) is 4.57 Å². The molecular weight excluding hydrogens is 272 g/mol. The summed E-state index contributed by atoms with van der Waals surface area (Å²) in [7, 11) is 0. The van der Waals surface area contributed by atoms with Gasteiger partial charge in [-0.2, -0.15) is 0 Å². The maximum atomic E-state index is 11.9. The molecule has 1 amide bonds. The van der Waals surface area contributed by atoms with Crippen LogP contribution >= 0.6 is 0 Å². The number of H-pyrrole nitrogens is 1. The molecule has 112 valence electrons. The number of hydrogen-bond donors (Lipinski definition) is 3. The summed E-state index contributed by atoms with van der Waals surface area (Å²) in [6.45, 7) is 2.35. The predicted molar refractivity (Wildman–Crippen MR) is 80.1 cm³/mol. The lowest BCUT2D eigenvalue weighted by Crippen LogP contribution is -2.39. The van der Waals surface area contributed by atoms with Gasteiger partial charge in [0.05, 0.1) is 10.9 Å². The second-order valence-corrected chi connectivity index (χ2v) is 4.88. The van der Waals surface area contributed by atoms with E-state index in [1.807, 2.05) is 0 Å². The SMILES string of the molecule is C[C@@H](CN)NC(=O)CCn1c(=O)[nH]c(=O)c2ccccc21. The molecule has 21 heavy (non-hydrogen) atoms. The highest BCUT2D eigenvalue weighted by Crippen LogP contribution is 2.07. The Labute approximate surface area is 120 Å². The van der Waals surface area contributed by atoms with E-state index >= 15 is 0 Å². The summed E-state index contributed by atoms with van der Waals surface area (Å²) >= 11 is 0. The molecule has 0 aliphatic rings. The molecule has 7 nitrogen and oxygen atoms in total. The molecule has 0 saturated carbocycles. The standard InChI is InChI=1S/C14H18N4O3/c1-9(8-15)16-12(19)6-7-18-11-5-3-2-4-10(11)13(20)17-14(18)21/h2-5,9H,6-8,15H2,1H3,(H,16,19)(H,17,20,21)/t9-/m0/s1. The monoisotopic (exact) mass is 290 g/mol. The van der Waals surface area contributed by atoms with Gasteiger partial charge in [-0.25, -0.2) is 4.79 Å². The molecule has 2 rings (SSSR count). The first-order chi connectivity index (χ1) is 10.0. The number of aryl methyl sites for hydroxylation is 1. The van der Waals surface area contributed by atoms with E-state index in [0.717, 1.165) is 0 Å². The van der Waals surface area contributed by atoms with Crippen LogP contribution in [0.25, 0.3) is 10.9 Å². The molecule has 7 heteroatoms. The second-order valence-electron chi connectivity index (χ2n) is 4.88. The first kappa shape index (κ1) is 15.0. The van der Waals surface area contributed by atoms with Gasteiger partial charge in [0, 0.05) is 25.6 Å². The van der Waals surface area contributed by atoms with E-state index in [-0.39, 0.29) is 24.9 Å². The van der Waals surface area contributed by atoms with Crippen molar-refractivity contribution in [3.8, 4) is 0 Å². The highest BCUT2D eigenvalue weighted by atomic mass is 16.2. The number of nitrogens with zero attached hydrogens (tertiary/aromatic N) is 1. The second kappa shape index (κ2) is 6.36. The number of carbonyl (C=O) groups excluding carboxylic acids is 1. The Hall–Kier alpha value is -2.41. The summed E-state index contributed by atoms with van der Waals surface area (Å²) < 4.78 is 1.39. The van der Waals surface area contributed by atoms with E-state index in [9.17, 15) is 14.4 Å². The number of fused-ring (bicyclic) bond motifs is 1.